The molecule has 0 aromatic heterocycles. The summed E-state index contributed by atoms with van der Waals surface area (Å²) in [7, 11) is 0. The van der Waals surface area contributed by atoms with E-state index in [0.29, 0.717) is 19.4 Å². The van der Waals surface area contributed by atoms with E-state index >= 15 is 0 Å². The maximum atomic E-state index is 11.6. The standard InChI is InChI=1S/C19H37NO6/c1-3-9-17(22)26-14-15-18(23)19(24)16(21)13-20(15)10-7-5-6-8-12-25-11-4-2/h15-16,18-19,21,23-24H,3-14H2,1-2H3/t15-,16+,18-,19-/m1/s1. The molecule has 3 N–H and O–H groups in total. The van der Waals surface area contributed by atoms with Gasteiger partial charge < -0.3 is 24.8 Å². The first-order chi connectivity index (χ1) is 12.5. The monoisotopic (exact) mass is 375 g/mol. The molecule has 26 heavy (non-hydrogen) atoms. The Labute approximate surface area is 157 Å². The molecule has 1 saturated heterocycles. The van der Waals surface area contributed by atoms with Gasteiger partial charge in [-0.2, -0.15) is 0 Å². The van der Waals surface area contributed by atoms with E-state index in [2.05, 4.69) is 6.92 Å². The largest absolute Gasteiger partial charge is 0.464 e. The number of esters is 1. The molecule has 0 unspecified atom stereocenters. The highest BCUT2D eigenvalue weighted by atomic mass is 16.5. The molecule has 1 heterocycles. The number of hydrogen-bond acceptors (Lipinski definition) is 7. The van der Waals surface area contributed by atoms with E-state index in [0.717, 1.165) is 45.3 Å². The third-order valence-electron chi connectivity index (χ3n) is 4.73. The predicted octanol–water partition coefficient (Wildman–Crippen LogP) is 1.08. The van der Waals surface area contributed by atoms with Crippen molar-refractivity contribution in [1.29, 1.82) is 0 Å². The van der Waals surface area contributed by atoms with Crippen LogP contribution in [0.2, 0.25) is 0 Å². The normalized spacial score (nSPS) is 26.8. The van der Waals surface area contributed by atoms with Gasteiger partial charge in [0.2, 0.25) is 0 Å². The molecule has 154 valence electrons. The Morgan fingerprint density at radius 3 is 2.42 bits per heavy atom. The topological polar surface area (TPSA) is 99.5 Å². The number of unbranched alkanes of at least 4 members (excludes halogenated alkanes) is 3. The van der Waals surface area contributed by atoms with Gasteiger partial charge in [0.05, 0.1) is 12.1 Å². The number of rotatable bonds is 13. The number of carbonyl (C=O) groups is 1. The van der Waals surface area contributed by atoms with Gasteiger partial charge in [-0.25, -0.2) is 0 Å². The summed E-state index contributed by atoms with van der Waals surface area (Å²) in [5, 5.41) is 30.2. The summed E-state index contributed by atoms with van der Waals surface area (Å²) in [6.45, 7) is 6.58. The van der Waals surface area contributed by atoms with E-state index in [1.807, 2.05) is 11.8 Å². The van der Waals surface area contributed by atoms with Crippen LogP contribution in [-0.4, -0.2) is 83.5 Å². The van der Waals surface area contributed by atoms with Crippen LogP contribution in [0.1, 0.15) is 58.8 Å². The smallest absolute Gasteiger partial charge is 0.305 e. The van der Waals surface area contributed by atoms with Crippen molar-refractivity contribution in [1.82, 2.24) is 4.90 Å². The van der Waals surface area contributed by atoms with E-state index in [9.17, 15) is 20.1 Å². The van der Waals surface area contributed by atoms with E-state index < -0.39 is 24.4 Å². The molecule has 7 nitrogen and oxygen atoms in total. The number of hydrogen-bond donors (Lipinski definition) is 3. The lowest BCUT2D eigenvalue weighted by Crippen LogP contribution is -2.62. The van der Waals surface area contributed by atoms with Gasteiger partial charge in [-0.3, -0.25) is 9.69 Å². The fourth-order valence-electron chi connectivity index (χ4n) is 3.19. The van der Waals surface area contributed by atoms with Crippen molar-refractivity contribution in [3.8, 4) is 0 Å². The van der Waals surface area contributed by atoms with Crippen LogP contribution in [0.25, 0.3) is 0 Å². The number of nitrogens with zero attached hydrogens (tertiary/aromatic N) is 1. The quantitative estimate of drug-likeness (QED) is 0.327. The summed E-state index contributed by atoms with van der Waals surface area (Å²) in [4.78, 5) is 13.5. The second kappa shape index (κ2) is 13.4. The van der Waals surface area contributed by atoms with Crippen LogP contribution in [-0.2, 0) is 14.3 Å². The third-order valence-corrected chi connectivity index (χ3v) is 4.73. The fraction of sp³-hybridized carbons (Fsp3) is 0.947. The molecule has 1 fully saturated rings. The zero-order valence-electron chi connectivity index (χ0n) is 16.3. The fourth-order valence-corrected chi connectivity index (χ4v) is 3.19. The van der Waals surface area contributed by atoms with Crippen LogP contribution in [0, 0.1) is 0 Å². The van der Waals surface area contributed by atoms with E-state index in [1.165, 1.54) is 0 Å². The highest BCUT2D eigenvalue weighted by Gasteiger charge is 2.41. The molecule has 0 aliphatic carbocycles. The highest BCUT2D eigenvalue weighted by molar-refractivity contribution is 5.69. The SMILES string of the molecule is CCCOCCCCCCN1C[C@H](O)[C@@H](O)[C@H](O)[C@H]1COC(=O)CCC. The number of aliphatic hydroxyl groups excluding tert-OH is 3. The average Bonchev–Trinajstić information content (AvgIpc) is 2.61. The van der Waals surface area contributed by atoms with Crippen LogP contribution < -0.4 is 0 Å². The van der Waals surface area contributed by atoms with Crippen molar-refractivity contribution < 1.29 is 29.6 Å². The summed E-state index contributed by atoms with van der Waals surface area (Å²) in [5.74, 6) is -0.299. The van der Waals surface area contributed by atoms with Gasteiger partial charge in [-0.15, -0.1) is 0 Å². The van der Waals surface area contributed by atoms with Crippen LogP contribution in [0.3, 0.4) is 0 Å². The third kappa shape index (κ3) is 8.31. The number of ether oxygens (including phenoxy) is 2. The Bertz CT molecular complexity index is 381. The van der Waals surface area contributed by atoms with E-state index in [1.54, 1.807) is 0 Å². The minimum atomic E-state index is -1.21. The van der Waals surface area contributed by atoms with Crippen molar-refractivity contribution in [2.75, 3.05) is 32.9 Å². The zero-order valence-corrected chi connectivity index (χ0v) is 16.3. The number of carbonyl (C=O) groups excluding carboxylic acids is 1. The second-order valence-electron chi connectivity index (χ2n) is 7.07. The van der Waals surface area contributed by atoms with Crippen LogP contribution in [0.15, 0.2) is 0 Å². The maximum Gasteiger partial charge on any atom is 0.305 e. The molecular formula is C19H37NO6. The van der Waals surface area contributed by atoms with Crippen molar-refractivity contribution in [3.05, 3.63) is 0 Å². The van der Waals surface area contributed by atoms with Gasteiger partial charge in [0, 0.05) is 26.2 Å². The Morgan fingerprint density at radius 2 is 1.73 bits per heavy atom. The number of aliphatic hydroxyl groups is 3. The van der Waals surface area contributed by atoms with Crippen molar-refractivity contribution in [2.45, 2.75) is 83.1 Å². The number of likely N-dealkylation sites (tertiary alicyclic amines) is 1. The molecule has 0 aromatic rings. The Balaban J connectivity index is 2.38. The molecule has 0 spiro atoms. The van der Waals surface area contributed by atoms with Gasteiger partial charge in [0.1, 0.15) is 18.8 Å². The Kier molecular flexibility index (Phi) is 12.0. The number of piperidine rings is 1. The van der Waals surface area contributed by atoms with Gasteiger partial charge >= 0.3 is 5.97 Å². The predicted molar refractivity (Wildman–Crippen MR) is 98.8 cm³/mol. The highest BCUT2D eigenvalue weighted by Crippen LogP contribution is 2.20. The summed E-state index contributed by atoms with van der Waals surface area (Å²) < 4.78 is 10.7. The first-order valence-electron chi connectivity index (χ1n) is 10.0. The molecule has 0 radical (unpaired) electrons. The maximum absolute atomic E-state index is 11.6. The minimum Gasteiger partial charge on any atom is -0.464 e. The number of β-amino-alcohol motifs (C(OH)–C–C–N with tert-alkyl or cyclic N) is 1. The first kappa shape index (κ1) is 23.3. The summed E-state index contributed by atoms with van der Waals surface area (Å²) in [6.07, 6.45) is 2.81. The lowest BCUT2D eigenvalue weighted by Gasteiger charge is -2.43. The molecule has 0 amide bonds. The van der Waals surface area contributed by atoms with Crippen molar-refractivity contribution in [2.24, 2.45) is 0 Å². The average molecular weight is 376 g/mol. The second-order valence-corrected chi connectivity index (χ2v) is 7.07. The first-order valence-corrected chi connectivity index (χ1v) is 10.0. The van der Waals surface area contributed by atoms with Crippen LogP contribution in [0.4, 0.5) is 0 Å². The lowest BCUT2D eigenvalue weighted by molar-refractivity contribution is -0.163. The molecule has 1 rings (SSSR count). The molecule has 1 aliphatic rings. The van der Waals surface area contributed by atoms with Crippen molar-refractivity contribution >= 4 is 5.97 Å². The molecule has 0 bridgehead atoms. The lowest BCUT2D eigenvalue weighted by atomic mass is 9.94. The van der Waals surface area contributed by atoms with Gasteiger partial charge in [0.15, 0.2) is 0 Å². The van der Waals surface area contributed by atoms with Crippen LogP contribution in [0.5, 0.6) is 0 Å². The minimum absolute atomic E-state index is 0.0363. The summed E-state index contributed by atoms with van der Waals surface area (Å²) >= 11 is 0. The zero-order chi connectivity index (χ0) is 19.4. The van der Waals surface area contributed by atoms with Crippen LogP contribution >= 0.6 is 0 Å². The Morgan fingerprint density at radius 1 is 1.00 bits per heavy atom. The molecule has 1 aliphatic heterocycles. The molecule has 7 heteroatoms. The van der Waals surface area contributed by atoms with Gasteiger partial charge in [-0.05, 0) is 32.2 Å². The van der Waals surface area contributed by atoms with E-state index in [4.69, 9.17) is 9.47 Å². The Hall–Kier alpha value is -0.730. The molecule has 4 atom stereocenters. The van der Waals surface area contributed by atoms with Crippen molar-refractivity contribution in [3.63, 3.8) is 0 Å². The molecule has 0 aromatic carbocycles. The van der Waals surface area contributed by atoms with E-state index in [-0.39, 0.29) is 19.1 Å². The summed E-state index contributed by atoms with van der Waals surface area (Å²) in [5.41, 5.74) is 0. The van der Waals surface area contributed by atoms with Gasteiger partial charge in [0.25, 0.3) is 0 Å². The van der Waals surface area contributed by atoms with Gasteiger partial charge in [-0.1, -0.05) is 26.7 Å². The molecular weight excluding hydrogens is 338 g/mol. The molecule has 0 saturated carbocycles. The summed E-state index contributed by atoms with van der Waals surface area (Å²) in [6, 6.07) is -0.484.